The number of piperidine rings is 1. The molecule has 1 saturated heterocycles. The monoisotopic (exact) mass is 330 g/mol. The molecule has 1 atom stereocenters. The molecule has 0 spiro atoms. The number of nitrogens with one attached hydrogen (secondary N) is 1. The van der Waals surface area contributed by atoms with Gasteiger partial charge >= 0.3 is 0 Å². The van der Waals surface area contributed by atoms with Gasteiger partial charge in [-0.15, -0.1) is 0 Å². The fourth-order valence-corrected chi connectivity index (χ4v) is 3.22. The van der Waals surface area contributed by atoms with Crippen LogP contribution in [0.15, 0.2) is 10.7 Å². The fraction of sp³-hybridized carbons (Fsp3) is 0.611. The zero-order valence-corrected chi connectivity index (χ0v) is 14.9. The minimum atomic E-state index is 0.0970. The molecule has 0 unspecified atom stereocenters. The van der Waals surface area contributed by atoms with Crippen molar-refractivity contribution in [3.8, 4) is 0 Å². The van der Waals surface area contributed by atoms with Crippen molar-refractivity contribution >= 4 is 22.8 Å². The zero-order valence-electron chi connectivity index (χ0n) is 14.9. The molecule has 130 valence electrons. The summed E-state index contributed by atoms with van der Waals surface area (Å²) in [5.41, 5.74) is 1.74. The predicted molar refractivity (Wildman–Crippen MR) is 94.1 cm³/mol. The van der Waals surface area contributed by atoms with Crippen LogP contribution in [0.2, 0.25) is 0 Å². The number of aromatic nitrogens is 2. The van der Waals surface area contributed by atoms with Crippen molar-refractivity contribution in [1.82, 2.24) is 15.3 Å². The highest BCUT2D eigenvalue weighted by Crippen LogP contribution is 2.32. The lowest BCUT2D eigenvalue weighted by molar-refractivity contribution is -0.126. The van der Waals surface area contributed by atoms with E-state index in [4.69, 9.17) is 4.42 Å². The van der Waals surface area contributed by atoms with E-state index in [1.165, 1.54) is 0 Å². The van der Waals surface area contributed by atoms with Gasteiger partial charge in [0.15, 0.2) is 0 Å². The zero-order chi connectivity index (χ0) is 17.3. The van der Waals surface area contributed by atoms with Crippen LogP contribution in [0.5, 0.6) is 0 Å². The summed E-state index contributed by atoms with van der Waals surface area (Å²) in [5.74, 6) is 2.09. The Kier molecular flexibility index (Phi) is 4.73. The van der Waals surface area contributed by atoms with E-state index in [2.05, 4.69) is 34.0 Å². The smallest absolute Gasteiger partial charge is 0.231 e. The Labute approximate surface area is 142 Å². The number of aryl methyl sites for hydroxylation is 2. The van der Waals surface area contributed by atoms with E-state index in [-0.39, 0.29) is 17.9 Å². The number of fused-ring (bicyclic) bond motifs is 1. The summed E-state index contributed by atoms with van der Waals surface area (Å²) < 4.78 is 5.70. The molecular weight excluding hydrogens is 304 g/mol. The Morgan fingerprint density at radius 1 is 1.38 bits per heavy atom. The molecule has 0 aromatic carbocycles. The third-order valence-corrected chi connectivity index (χ3v) is 5.11. The summed E-state index contributed by atoms with van der Waals surface area (Å²) in [6.45, 7) is 9.78. The summed E-state index contributed by atoms with van der Waals surface area (Å²) >= 11 is 0. The van der Waals surface area contributed by atoms with Gasteiger partial charge in [-0.05, 0) is 40.0 Å². The molecule has 2 aromatic heterocycles. The molecule has 0 aliphatic carbocycles. The first-order valence-electron chi connectivity index (χ1n) is 8.77. The first kappa shape index (κ1) is 16.7. The van der Waals surface area contributed by atoms with Gasteiger partial charge in [-0.3, -0.25) is 4.79 Å². The topological polar surface area (TPSA) is 71.3 Å². The first-order chi connectivity index (χ1) is 11.5. The Bertz CT molecular complexity index is 732. The molecule has 6 heteroatoms. The molecule has 2 aromatic rings. The minimum Gasteiger partial charge on any atom is -0.443 e. The quantitative estimate of drug-likeness (QED) is 0.933. The molecule has 1 N–H and O–H groups in total. The average Bonchev–Trinajstić information content (AvgIpc) is 2.89. The van der Waals surface area contributed by atoms with Gasteiger partial charge in [0.2, 0.25) is 11.6 Å². The van der Waals surface area contributed by atoms with E-state index in [1.807, 2.05) is 13.8 Å². The second kappa shape index (κ2) is 6.79. The normalized spacial score (nSPS) is 17.2. The van der Waals surface area contributed by atoms with E-state index in [0.29, 0.717) is 5.71 Å². The van der Waals surface area contributed by atoms with Gasteiger partial charge in [0.05, 0.1) is 5.39 Å². The first-order valence-corrected chi connectivity index (χ1v) is 8.77. The van der Waals surface area contributed by atoms with Crippen molar-refractivity contribution in [2.45, 2.75) is 53.0 Å². The lowest BCUT2D eigenvalue weighted by Crippen LogP contribution is -2.43. The summed E-state index contributed by atoms with van der Waals surface area (Å²) in [4.78, 5) is 23.3. The molecule has 6 nitrogen and oxygen atoms in total. The number of hydrogen-bond acceptors (Lipinski definition) is 5. The van der Waals surface area contributed by atoms with Crippen LogP contribution in [0.3, 0.4) is 0 Å². The standard InChI is InChI=1S/C18H26N4O2/c1-5-11(2)21-17(23)14-6-8-22(9-7-14)16-15-12(3)13(4)24-18(15)20-10-19-16/h10-11,14H,5-9H2,1-4H3,(H,21,23)/t11-/m1/s1. The van der Waals surface area contributed by atoms with Gasteiger partial charge < -0.3 is 14.6 Å². The Hall–Kier alpha value is -2.11. The number of carbonyl (C=O) groups excluding carboxylic acids is 1. The highest BCUT2D eigenvalue weighted by Gasteiger charge is 2.28. The number of hydrogen-bond donors (Lipinski definition) is 1. The average molecular weight is 330 g/mol. The molecule has 0 bridgehead atoms. The van der Waals surface area contributed by atoms with Gasteiger partial charge in [0.25, 0.3) is 0 Å². The number of rotatable bonds is 4. The Morgan fingerprint density at radius 2 is 2.08 bits per heavy atom. The van der Waals surface area contributed by atoms with Crippen molar-refractivity contribution in [3.63, 3.8) is 0 Å². The van der Waals surface area contributed by atoms with Gasteiger partial charge in [0, 0.05) is 30.6 Å². The van der Waals surface area contributed by atoms with Crippen LogP contribution >= 0.6 is 0 Å². The molecule has 3 heterocycles. The number of amides is 1. The SMILES string of the molecule is CC[C@@H](C)NC(=O)C1CCN(c2ncnc3oc(C)c(C)c23)CC1. The maximum absolute atomic E-state index is 12.3. The second-order valence-electron chi connectivity index (χ2n) is 6.74. The van der Waals surface area contributed by atoms with Crippen molar-refractivity contribution in [2.24, 2.45) is 5.92 Å². The summed E-state index contributed by atoms with van der Waals surface area (Å²) in [6.07, 6.45) is 4.22. The minimum absolute atomic E-state index is 0.0970. The van der Waals surface area contributed by atoms with Crippen LogP contribution in [0.1, 0.15) is 44.4 Å². The van der Waals surface area contributed by atoms with Crippen LogP contribution in [-0.2, 0) is 4.79 Å². The van der Waals surface area contributed by atoms with Gasteiger partial charge in [-0.2, -0.15) is 0 Å². The van der Waals surface area contributed by atoms with Crippen molar-refractivity contribution in [2.75, 3.05) is 18.0 Å². The van der Waals surface area contributed by atoms with Crippen LogP contribution < -0.4 is 10.2 Å². The number of anilines is 1. The van der Waals surface area contributed by atoms with Crippen molar-refractivity contribution in [3.05, 3.63) is 17.7 Å². The highest BCUT2D eigenvalue weighted by atomic mass is 16.3. The van der Waals surface area contributed by atoms with Crippen LogP contribution in [0, 0.1) is 19.8 Å². The van der Waals surface area contributed by atoms with E-state index in [9.17, 15) is 4.79 Å². The lowest BCUT2D eigenvalue weighted by Gasteiger charge is -2.32. The van der Waals surface area contributed by atoms with Crippen molar-refractivity contribution < 1.29 is 9.21 Å². The molecule has 1 aliphatic heterocycles. The largest absolute Gasteiger partial charge is 0.443 e. The molecule has 24 heavy (non-hydrogen) atoms. The summed E-state index contributed by atoms with van der Waals surface area (Å²) in [6, 6.07) is 0.244. The predicted octanol–water partition coefficient (Wildman–Crippen LogP) is 2.97. The molecule has 1 aliphatic rings. The van der Waals surface area contributed by atoms with Gasteiger partial charge in [-0.1, -0.05) is 6.92 Å². The van der Waals surface area contributed by atoms with Gasteiger partial charge in [0.1, 0.15) is 17.9 Å². The number of furan rings is 1. The van der Waals surface area contributed by atoms with Crippen LogP contribution in [0.4, 0.5) is 5.82 Å². The van der Waals surface area contributed by atoms with Crippen molar-refractivity contribution in [1.29, 1.82) is 0 Å². The van der Waals surface area contributed by atoms with Gasteiger partial charge in [-0.25, -0.2) is 9.97 Å². The molecular formula is C18H26N4O2. The van der Waals surface area contributed by atoms with Crippen LogP contribution in [-0.4, -0.2) is 35.0 Å². The molecule has 1 amide bonds. The maximum Gasteiger partial charge on any atom is 0.231 e. The highest BCUT2D eigenvalue weighted by molar-refractivity contribution is 5.90. The third kappa shape index (κ3) is 3.09. The Balaban J connectivity index is 1.72. The van der Waals surface area contributed by atoms with E-state index < -0.39 is 0 Å². The number of nitrogens with zero attached hydrogens (tertiary/aromatic N) is 3. The molecule has 1 fully saturated rings. The van der Waals surface area contributed by atoms with E-state index >= 15 is 0 Å². The molecule has 0 saturated carbocycles. The summed E-state index contributed by atoms with van der Waals surface area (Å²) in [5, 5.41) is 4.10. The molecule has 0 radical (unpaired) electrons. The lowest BCUT2D eigenvalue weighted by atomic mass is 9.95. The fourth-order valence-electron chi connectivity index (χ4n) is 3.22. The summed E-state index contributed by atoms with van der Waals surface area (Å²) in [7, 11) is 0. The van der Waals surface area contributed by atoms with E-state index in [1.54, 1.807) is 6.33 Å². The second-order valence-corrected chi connectivity index (χ2v) is 6.74. The number of carbonyl (C=O) groups is 1. The van der Waals surface area contributed by atoms with E-state index in [0.717, 1.165) is 54.9 Å². The third-order valence-electron chi connectivity index (χ3n) is 5.11. The maximum atomic E-state index is 12.3. The Morgan fingerprint density at radius 3 is 2.75 bits per heavy atom. The molecule has 3 rings (SSSR count). The van der Waals surface area contributed by atoms with Crippen LogP contribution in [0.25, 0.3) is 11.1 Å².